The van der Waals surface area contributed by atoms with E-state index in [1.54, 1.807) is 30.3 Å². The van der Waals surface area contributed by atoms with Crippen molar-refractivity contribution in [3.63, 3.8) is 0 Å². The van der Waals surface area contributed by atoms with Crippen LogP contribution in [0.4, 0.5) is 5.69 Å². The summed E-state index contributed by atoms with van der Waals surface area (Å²) in [5, 5.41) is 19.1. The second-order valence-electron chi connectivity index (χ2n) is 6.98. The molecule has 0 aromatic heterocycles. The second-order valence-corrected chi connectivity index (χ2v) is 6.98. The van der Waals surface area contributed by atoms with E-state index in [-0.39, 0.29) is 23.3 Å². The molecule has 0 saturated carbocycles. The van der Waals surface area contributed by atoms with Crippen LogP contribution in [-0.2, 0) is 4.79 Å². The Morgan fingerprint density at radius 2 is 1.41 bits per heavy atom. The summed E-state index contributed by atoms with van der Waals surface area (Å²) < 4.78 is 0. The molecule has 1 atom stereocenters. The van der Waals surface area contributed by atoms with Crippen molar-refractivity contribution >= 4 is 17.5 Å². The maximum Gasteiger partial charge on any atom is 0.160 e. The highest BCUT2D eigenvalue weighted by Crippen LogP contribution is 2.37. The van der Waals surface area contributed by atoms with Crippen LogP contribution in [-0.4, -0.2) is 16.0 Å². The average Bonchev–Trinajstić information content (AvgIpc) is 2.74. The summed E-state index contributed by atoms with van der Waals surface area (Å²) in [6.45, 7) is 0. The van der Waals surface area contributed by atoms with Gasteiger partial charge >= 0.3 is 0 Å². The molecule has 3 aromatic carbocycles. The van der Waals surface area contributed by atoms with Gasteiger partial charge in [-0.3, -0.25) is 4.79 Å². The first-order valence-corrected chi connectivity index (χ1v) is 9.45. The molecule has 0 saturated heterocycles. The molecular weight excluding hydrogens is 362 g/mol. The average molecular weight is 383 g/mol. The van der Waals surface area contributed by atoms with Gasteiger partial charge in [-0.05, 0) is 53.6 Å². The Balaban J connectivity index is 1.75. The van der Waals surface area contributed by atoms with Gasteiger partial charge in [0.2, 0.25) is 0 Å². The number of anilines is 1. The first-order chi connectivity index (χ1) is 14.1. The zero-order valence-electron chi connectivity index (χ0n) is 15.8. The van der Waals surface area contributed by atoms with Crippen LogP contribution in [0.15, 0.2) is 96.7 Å². The van der Waals surface area contributed by atoms with Gasteiger partial charge in [-0.1, -0.05) is 48.5 Å². The van der Waals surface area contributed by atoms with Crippen molar-refractivity contribution in [3.8, 4) is 11.5 Å². The molecule has 144 valence electrons. The molecule has 0 radical (unpaired) electrons. The van der Waals surface area contributed by atoms with Crippen molar-refractivity contribution in [1.82, 2.24) is 0 Å². The molecule has 3 aromatic rings. The number of hydrogen-bond donors (Lipinski definition) is 2. The van der Waals surface area contributed by atoms with E-state index in [0.717, 1.165) is 22.5 Å². The molecule has 1 aliphatic heterocycles. The fourth-order valence-electron chi connectivity index (χ4n) is 3.53. The summed E-state index contributed by atoms with van der Waals surface area (Å²) in [7, 11) is 0. The minimum absolute atomic E-state index is 0.0561. The van der Waals surface area contributed by atoms with Crippen LogP contribution < -0.4 is 4.90 Å². The lowest BCUT2D eigenvalue weighted by molar-refractivity contribution is -0.115. The number of aromatic hydroxyl groups is 2. The molecule has 4 nitrogen and oxygen atoms in total. The molecule has 0 amide bonds. The highest BCUT2D eigenvalue weighted by atomic mass is 16.3. The fourth-order valence-corrected chi connectivity index (χ4v) is 3.53. The summed E-state index contributed by atoms with van der Waals surface area (Å²) in [6.07, 6.45) is 5.87. The standard InChI is InChI=1S/C25H21NO3/c27-22-12-7-18(8-13-22)6-11-21-16-24(29)17-25(19-9-14-23(28)15-10-19)26(21)20-4-2-1-3-5-20/h1-16,25,27-28H,17H2/b11-6+. The Bertz CT molecular complexity index is 1050. The number of rotatable bonds is 4. The number of para-hydroxylation sites is 1. The van der Waals surface area contributed by atoms with Crippen molar-refractivity contribution in [3.05, 3.63) is 108 Å². The van der Waals surface area contributed by atoms with Gasteiger partial charge in [0.1, 0.15) is 11.5 Å². The number of phenols is 2. The molecule has 0 fully saturated rings. The van der Waals surface area contributed by atoms with E-state index in [4.69, 9.17) is 0 Å². The monoisotopic (exact) mass is 383 g/mol. The van der Waals surface area contributed by atoms with E-state index in [1.165, 1.54) is 0 Å². The maximum absolute atomic E-state index is 12.5. The molecule has 0 spiro atoms. The zero-order chi connectivity index (χ0) is 20.2. The quantitative estimate of drug-likeness (QED) is 0.649. The molecule has 4 heteroatoms. The Morgan fingerprint density at radius 1 is 0.793 bits per heavy atom. The zero-order valence-corrected chi connectivity index (χ0v) is 15.8. The predicted octanol–water partition coefficient (Wildman–Crippen LogP) is 5.22. The van der Waals surface area contributed by atoms with Crippen molar-refractivity contribution in [2.45, 2.75) is 12.5 Å². The van der Waals surface area contributed by atoms with E-state index in [2.05, 4.69) is 4.90 Å². The number of benzene rings is 3. The topological polar surface area (TPSA) is 60.8 Å². The molecule has 2 N–H and O–H groups in total. The molecule has 0 aliphatic carbocycles. The van der Waals surface area contributed by atoms with E-state index in [0.29, 0.717) is 6.42 Å². The van der Waals surface area contributed by atoms with Crippen LogP contribution in [0, 0.1) is 0 Å². The highest BCUT2D eigenvalue weighted by molar-refractivity contribution is 5.94. The van der Waals surface area contributed by atoms with E-state index >= 15 is 0 Å². The van der Waals surface area contributed by atoms with Crippen LogP contribution >= 0.6 is 0 Å². The van der Waals surface area contributed by atoms with Crippen molar-refractivity contribution in [2.24, 2.45) is 0 Å². The molecule has 1 unspecified atom stereocenters. The molecular formula is C25H21NO3. The highest BCUT2D eigenvalue weighted by Gasteiger charge is 2.29. The predicted molar refractivity (Wildman–Crippen MR) is 115 cm³/mol. The third-order valence-electron chi connectivity index (χ3n) is 4.95. The van der Waals surface area contributed by atoms with Gasteiger partial charge in [0, 0.05) is 23.9 Å². The molecule has 1 heterocycles. The lowest BCUT2D eigenvalue weighted by atomic mass is 9.93. The summed E-state index contributed by atoms with van der Waals surface area (Å²) in [6, 6.07) is 23.7. The Morgan fingerprint density at radius 3 is 2.07 bits per heavy atom. The van der Waals surface area contributed by atoms with Crippen LogP contribution in [0.25, 0.3) is 6.08 Å². The first-order valence-electron chi connectivity index (χ1n) is 9.45. The van der Waals surface area contributed by atoms with Crippen molar-refractivity contribution in [1.29, 1.82) is 0 Å². The van der Waals surface area contributed by atoms with Crippen LogP contribution in [0.2, 0.25) is 0 Å². The third-order valence-corrected chi connectivity index (χ3v) is 4.95. The Hall–Kier alpha value is -3.79. The lowest BCUT2D eigenvalue weighted by Crippen LogP contribution is -2.33. The van der Waals surface area contributed by atoms with Crippen LogP contribution in [0.3, 0.4) is 0 Å². The normalized spacial score (nSPS) is 16.8. The second kappa shape index (κ2) is 8.07. The van der Waals surface area contributed by atoms with E-state index < -0.39 is 0 Å². The largest absolute Gasteiger partial charge is 0.508 e. The molecule has 29 heavy (non-hydrogen) atoms. The summed E-state index contributed by atoms with van der Waals surface area (Å²) in [4.78, 5) is 14.7. The van der Waals surface area contributed by atoms with Gasteiger partial charge < -0.3 is 15.1 Å². The number of nitrogens with zero attached hydrogens (tertiary/aromatic N) is 1. The minimum Gasteiger partial charge on any atom is -0.508 e. The number of carbonyl (C=O) groups is 1. The van der Waals surface area contributed by atoms with Crippen LogP contribution in [0.1, 0.15) is 23.6 Å². The van der Waals surface area contributed by atoms with Gasteiger partial charge in [-0.25, -0.2) is 0 Å². The van der Waals surface area contributed by atoms with Crippen LogP contribution in [0.5, 0.6) is 11.5 Å². The first kappa shape index (κ1) is 18.6. The summed E-state index contributed by atoms with van der Waals surface area (Å²) in [5.74, 6) is 0.471. The number of allylic oxidation sites excluding steroid dienone is 2. The minimum atomic E-state index is -0.171. The maximum atomic E-state index is 12.5. The smallest absolute Gasteiger partial charge is 0.160 e. The van der Waals surface area contributed by atoms with Gasteiger partial charge in [0.15, 0.2) is 5.78 Å². The number of phenolic OH excluding ortho intramolecular Hbond substituents is 2. The Kier molecular flexibility index (Phi) is 5.16. The molecule has 0 bridgehead atoms. The lowest BCUT2D eigenvalue weighted by Gasteiger charge is -2.37. The fraction of sp³-hybridized carbons (Fsp3) is 0.0800. The molecule has 4 rings (SSSR count). The van der Waals surface area contributed by atoms with Gasteiger partial charge in [-0.2, -0.15) is 0 Å². The SMILES string of the molecule is O=C1C=C(/C=C/c2ccc(O)cc2)N(c2ccccc2)C(c2ccc(O)cc2)C1. The van der Waals surface area contributed by atoms with E-state index in [1.807, 2.05) is 66.7 Å². The van der Waals surface area contributed by atoms with E-state index in [9.17, 15) is 15.0 Å². The number of hydrogen-bond acceptors (Lipinski definition) is 4. The molecule has 1 aliphatic rings. The van der Waals surface area contributed by atoms with Crippen molar-refractivity contribution in [2.75, 3.05) is 4.90 Å². The number of carbonyl (C=O) groups excluding carboxylic acids is 1. The van der Waals surface area contributed by atoms with Gasteiger partial charge in [0.05, 0.1) is 6.04 Å². The summed E-state index contributed by atoms with van der Waals surface area (Å²) in [5.41, 5.74) is 3.66. The Labute approximate surface area is 169 Å². The van der Waals surface area contributed by atoms with Crippen molar-refractivity contribution < 1.29 is 15.0 Å². The van der Waals surface area contributed by atoms with Gasteiger partial charge in [0.25, 0.3) is 0 Å². The summed E-state index contributed by atoms with van der Waals surface area (Å²) >= 11 is 0. The third kappa shape index (κ3) is 4.22. The van der Waals surface area contributed by atoms with Gasteiger partial charge in [-0.15, -0.1) is 0 Å². The number of ketones is 1.